The van der Waals surface area contributed by atoms with E-state index in [2.05, 4.69) is 6.92 Å². The Balaban J connectivity index is 1.98. The topological polar surface area (TPSA) is 69.6 Å². The minimum atomic E-state index is -1.21. The highest BCUT2D eigenvalue weighted by Crippen LogP contribution is 2.29. The summed E-state index contributed by atoms with van der Waals surface area (Å²) < 4.78 is 6.34. The third kappa shape index (κ3) is 14.9. The van der Waals surface area contributed by atoms with Crippen LogP contribution in [0.2, 0.25) is 0 Å². The number of morpholine rings is 1. The molecule has 0 bridgehead atoms. The van der Waals surface area contributed by atoms with Gasteiger partial charge in [0.15, 0.2) is 0 Å². The Morgan fingerprint density at radius 3 is 1.71 bits per heavy atom. The number of hydrogen-bond donors (Lipinski definition) is 1. The zero-order chi connectivity index (χ0) is 23.0. The van der Waals surface area contributed by atoms with Crippen LogP contribution in [0, 0.1) is 0 Å². The lowest BCUT2D eigenvalue weighted by Crippen LogP contribution is -2.63. The zero-order valence-electron chi connectivity index (χ0n) is 20.8. The molecule has 0 radical (unpaired) electrons. The minimum Gasteiger partial charge on any atom is -0.550 e. The summed E-state index contributed by atoms with van der Waals surface area (Å²) in [4.78, 5) is 10.9. The molecule has 1 saturated heterocycles. The van der Waals surface area contributed by atoms with Gasteiger partial charge in [-0.1, -0.05) is 103 Å². The second kappa shape index (κ2) is 16.0. The molecule has 184 valence electrons. The van der Waals surface area contributed by atoms with Gasteiger partial charge in [0.1, 0.15) is 19.2 Å². The van der Waals surface area contributed by atoms with Crippen molar-refractivity contribution in [3.05, 3.63) is 0 Å². The van der Waals surface area contributed by atoms with Crippen LogP contribution >= 0.6 is 0 Å². The number of likely N-dealkylation sites (N-methyl/N-ethyl adjacent to an activating group) is 1. The monoisotopic (exact) mass is 441 g/mol. The molecule has 2 atom stereocenters. The van der Waals surface area contributed by atoms with Gasteiger partial charge in [0.2, 0.25) is 5.79 Å². The fourth-order valence-electron chi connectivity index (χ4n) is 5.05. The number of nitrogens with zero attached hydrogens (tertiary/aromatic N) is 1. The first kappa shape index (κ1) is 28.4. The lowest BCUT2D eigenvalue weighted by Gasteiger charge is -2.46. The molecule has 1 N–H and O–H groups in total. The minimum absolute atomic E-state index is 0.150. The Labute approximate surface area is 192 Å². The van der Waals surface area contributed by atoms with Crippen LogP contribution in [0.25, 0.3) is 0 Å². The molecule has 5 nitrogen and oxygen atoms in total. The van der Waals surface area contributed by atoms with Crippen LogP contribution in [0.15, 0.2) is 0 Å². The Hall–Kier alpha value is -0.650. The van der Waals surface area contributed by atoms with Crippen LogP contribution in [-0.2, 0) is 9.53 Å². The number of aliphatic carboxylic acids is 1. The van der Waals surface area contributed by atoms with Crippen LogP contribution in [0.3, 0.4) is 0 Å². The van der Waals surface area contributed by atoms with E-state index < -0.39 is 17.9 Å². The van der Waals surface area contributed by atoms with Gasteiger partial charge in [-0.25, -0.2) is 0 Å². The first-order valence-electron chi connectivity index (χ1n) is 13.2. The fourth-order valence-corrected chi connectivity index (χ4v) is 5.05. The van der Waals surface area contributed by atoms with Crippen LogP contribution in [-0.4, -0.2) is 54.6 Å². The predicted molar refractivity (Wildman–Crippen MR) is 125 cm³/mol. The summed E-state index contributed by atoms with van der Waals surface area (Å²) in [5.74, 6) is -2.32. The van der Waals surface area contributed by atoms with E-state index in [1.54, 1.807) is 0 Å². The van der Waals surface area contributed by atoms with E-state index in [1.807, 2.05) is 14.1 Å². The summed E-state index contributed by atoms with van der Waals surface area (Å²) in [5.41, 5.74) is 0. The van der Waals surface area contributed by atoms with Gasteiger partial charge in [0, 0.05) is 18.8 Å². The van der Waals surface area contributed by atoms with Crippen LogP contribution in [0.1, 0.15) is 122 Å². The molecule has 31 heavy (non-hydrogen) atoms. The molecule has 0 saturated carbocycles. The molecule has 1 rings (SSSR count). The fraction of sp³-hybridized carbons (Fsp3) is 0.962. The van der Waals surface area contributed by atoms with Gasteiger partial charge in [-0.3, -0.25) is 0 Å². The number of quaternary nitrogens is 1. The number of hydrogen-bond acceptors (Lipinski definition) is 4. The predicted octanol–water partition coefficient (Wildman–Crippen LogP) is 4.94. The second-order valence-corrected chi connectivity index (χ2v) is 10.6. The van der Waals surface area contributed by atoms with Crippen molar-refractivity contribution in [1.29, 1.82) is 0 Å². The number of aliphatic hydroxyl groups is 1. The summed E-state index contributed by atoms with van der Waals surface area (Å²) in [6.07, 6.45) is 21.1. The Morgan fingerprint density at radius 1 is 0.871 bits per heavy atom. The van der Waals surface area contributed by atoms with Gasteiger partial charge in [0.25, 0.3) is 0 Å². The van der Waals surface area contributed by atoms with Crippen molar-refractivity contribution in [3.8, 4) is 0 Å². The first-order chi connectivity index (χ1) is 14.8. The summed E-state index contributed by atoms with van der Waals surface area (Å²) in [6.45, 7) is 3.37. The van der Waals surface area contributed by atoms with Crippen LogP contribution in [0.4, 0.5) is 0 Å². The molecule has 1 heterocycles. The average Bonchev–Trinajstić information content (AvgIpc) is 2.65. The van der Waals surface area contributed by atoms with E-state index >= 15 is 0 Å². The van der Waals surface area contributed by atoms with Crippen molar-refractivity contribution in [2.24, 2.45) is 0 Å². The molecule has 0 amide bonds. The molecule has 1 aliphatic rings. The van der Waals surface area contributed by atoms with E-state index in [9.17, 15) is 15.0 Å². The molecule has 0 aromatic carbocycles. The van der Waals surface area contributed by atoms with E-state index in [0.717, 1.165) is 12.8 Å². The van der Waals surface area contributed by atoms with Gasteiger partial charge in [-0.2, -0.15) is 0 Å². The highest BCUT2D eigenvalue weighted by molar-refractivity contribution is 5.64. The molecule has 1 aliphatic heterocycles. The lowest BCUT2D eigenvalue weighted by atomic mass is 10.0. The number of carboxylic acids is 1. The zero-order valence-corrected chi connectivity index (χ0v) is 20.8. The number of unbranched alkanes of at least 4 members (excludes halogenated alkanes) is 15. The standard InChI is InChI=1S/C26H51NO4/c1-4-5-6-7-8-9-10-11-12-13-14-15-16-17-18-19-20-26(30)23-27(2,3)22-24(31-26)21-25(28)29/h24,30H,4-23H2,1-3H3/t24-,26+/m1/s1. The van der Waals surface area contributed by atoms with Gasteiger partial charge >= 0.3 is 0 Å². The summed E-state index contributed by atoms with van der Waals surface area (Å²) >= 11 is 0. The van der Waals surface area contributed by atoms with Crippen molar-refractivity contribution < 1.29 is 24.2 Å². The summed E-state index contributed by atoms with van der Waals surface area (Å²) in [6, 6.07) is 0. The van der Waals surface area contributed by atoms with Gasteiger partial charge < -0.3 is 24.2 Å². The molecular formula is C26H51NO4. The maximum atomic E-state index is 10.9. The maximum Gasteiger partial charge on any atom is 0.216 e. The number of carbonyl (C=O) groups excluding carboxylic acids is 1. The van der Waals surface area contributed by atoms with Crippen molar-refractivity contribution in [2.45, 2.75) is 134 Å². The normalized spacial score (nSPS) is 23.2. The van der Waals surface area contributed by atoms with E-state index in [4.69, 9.17) is 4.74 Å². The lowest BCUT2D eigenvalue weighted by molar-refractivity contribution is -0.915. The molecule has 0 unspecified atom stereocenters. The average molecular weight is 442 g/mol. The molecule has 0 aliphatic carbocycles. The quantitative estimate of drug-likeness (QED) is 0.228. The molecule has 0 spiro atoms. The Bertz CT molecular complexity index is 468. The summed E-state index contributed by atoms with van der Waals surface area (Å²) in [5, 5.41) is 21.8. The largest absolute Gasteiger partial charge is 0.550 e. The Kier molecular flexibility index (Phi) is 14.7. The van der Waals surface area contributed by atoms with Gasteiger partial charge in [-0.05, 0) is 6.42 Å². The van der Waals surface area contributed by atoms with Crippen molar-refractivity contribution in [3.63, 3.8) is 0 Å². The van der Waals surface area contributed by atoms with E-state index in [-0.39, 0.29) is 6.42 Å². The number of ether oxygens (including phenoxy) is 1. The summed E-state index contributed by atoms with van der Waals surface area (Å²) in [7, 11) is 4.03. The van der Waals surface area contributed by atoms with Crippen molar-refractivity contribution >= 4 is 5.97 Å². The van der Waals surface area contributed by atoms with Crippen LogP contribution in [0.5, 0.6) is 0 Å². The molecular weight excluding hydrogens is 390 g/mol. The number of rotatable bonds is 19. The molecule has 5 heteroatoms. The van der Waals surface area contributed by atoms with Gasteiger partial charge in [0.05, 0.1) is 14.1 Å². The highest BCUT2D eigenvalue weighted by atomic mass is 16.6. The number of carboxylic acid groups (broad SMARTS) is 1. The van der Waals surface area contributed by atoms with Gasteiger partial charge in [-0.15, -0.1) is 0 Å². The Morgan fingerprint density at radius 2 is 1.29 bits per heavy atom. The highest BCUT2D eigenvalue weighted by Gasteiger charge is 2.44. The third-order valence-electron chi connectivity index (χ3n) is 6.57. The molecule has 0 aromatic heterocycles. The SMILES string of the molecule is CCCCCCCCCCCCCCCCCC[C@@]1(O)C[N+](C)(C)C[C@@H](CC(=O)[O-])O1. The molecule has 0 aromatic rings. The van der Waals surface area contributed by atoms with Crippen molar-refractivity contribution in [2.75, 3.05) is 27.2 Å². The maximum absolute atomic E-state index is 10.9. The van der Waals surface area contributed by atoms with Crippen molar-refractivity contribution in [1.82, 2.24) is 0 Å². The second-order valence-electron chi connectivity index (χ2n) is 10.6. The number of carbonyl (C=O) groups is 1. The van der Waals surface area contributed by atoms with E-state index in [1.165, 1.54) is 89.9 Å². The smallest absolute Gasteiger partial charge is 0.216 e. The third-order valence-corrected chi connectivity index (χ3v) is 6.57. The molecule has 1 fully saturated rings. The van der Waals surface area contributed by atoms with E-state index in [0.29, 0.717) is 24.0 Å². The first-order valence-corrected chi connectivity index (χ1v) is 13.2. The van der Waals surface area contributed by atoms with Crippen LogP contribution < -0.4 is 5.11 Å².